The van der Waals surface area contributed by atoms with Gasteiger partial charge in [0.25, 0.3) is 5.91 Å². The van der Waals surface area contributed by atoms with Crippen molar-refractivity contribution in [2.24, 2.45) is 0 Å². The summed E-state index contributed by atoms with van der Waals surface area (Å²) in [6, 6.07) is 14.4. The number of amides is 3. The highest BCUT2D eigenvalue weighted by atomic mass is 35.5. The molecule has 1 aliphatic heterocycles. The lowest BCUT2D eigenvalue weighted by molar-refractivity contribution is -0.132. The summed E-state index contributed by atoms with van der Waals surface area (Å²) in [4.78, 5) is 42.7. The second-order valence-corrected chi connectivity index (χ2v) is 9.11. The number of carbonyl (C=O) groups is 3. The number of hydrogen-bond acceptors (Lipinski definition) is 3. The average Bonchev–Trinajstić information content (AvgIpc) is 3.13. The number of likely N-dealkylation sites (N-methyl/N-ethyl adjacent to an activating group) is 1. The molecule has 0 atom stereocenters. The number of halogens is 1. The number of carbonyl (C=O) groups excluding carboxylic acids is 3. The van der Waals surface area contributed by atoms with Crippen molar-refractivity contribution < 1.29 is 14.4 Å². The molecule has 2 aromatic rings. The Balaban J connectivity index is 1.66. The first-order chi connectivity index (χ1) is 14.6. The fourth-order valence-electron chi connectivity index (χ4n) is 3.45. The standard InChI is InChI=1S/C24H28ClN3O3/c1-5-26(23(31)17-6-8-18(9-7-17)24(2,3)4)14-21(29)27-15-22(30)28(16-27)20-12-10-19(25)11-13-20/h6-13H,5,14-16H2,1-4H3. The zero-order chi connectivity index (χ0) is 22.8. The molecule has 1 heterocycles. The van der Waals surface area contributed by atoms with Gasteiger partial charge in [0, 0.05) is 22.8 Å². The maximum Gasteiger partial charge on any atom is 0.254 e. The Bertz CT molecular complexity index is 965. The summed E-state index contributed by atoms with van der Waals surface area (Å²) in [5.74, 6) is -0.620. The molecule has 0 radical (unpaired) electrons. The Morgan fingerprint density at radius 2 is 1.65 bits per heavy atom. The minimum Gasteiger partial charge on any atom is -0.330 e. The Morgan fingerprint density at radius 1 is 1.03 bits per heavy atom. The summed E-state index contributed by atoms with van der Waals surface area (Å²) in [5, 5.41) is 0.580. The van der Waals surface area contributed by atoms with Crippen LogP contribution in [0.25, 0.3) is 0 Å². The van der Waals surface area contributed by atoms with E-state index in [0.29, 0.717) is 22.8 Å². The normalized spacial score (nSPS) is 14.2. The third-order valence-electron chi connectivity index (χ3n) is 5.42. The van der Waals surface area contributed by atoms with Gasteiger partial charge < -0.3 is 9.80 Å². The molecule has 164 valence electrons. The molecular weight excluding hydrogens is 414 g/mol. The van der Waals surface area contributed by atoms with Crippen LogP contribution in [0.3, 0.4) is 0 Å². The lowest BCUT2D eigenvalue weighted by Gasteiger charge is -2.24. The van der Waals surface area contributed by atoms with Crippen LogP contribution < -0.4 is 4.90 Å². The highest BCUT2D eigenvalue weighted by molar-refractivity contribution is 6.30. The fraction of sp³-hybridized carbons (Fsp3) is 0.375. The highest BCUT2D eigenvalue weighted by Gasteiger charge is 2.33. The van der Waals surface area contributed by atoms with Crippen LogP contribution >= 0.6 is 11.6 Å². The van der Waals surface area contributed by atoms with Gasteiger partial charge in [-0.1, -0.05) is 44.5 Å². The van der Waals surface area contributed by atoms with Crippen LogP contribution in [-0.4, -0.2) is 53.8 Å². The maximum absolute atomic E-state index is 12.9. The molecule has 1 saturated heterocycles. The molecule has 3 amide bonds. The Labute approximate surface area is 188 Å². The second kappa shape index (κ2) is 9.10. The second-order valence-electron chi connectivity index (χ2n) is 8.68. The third kappa shape index (κ3) is 5.25. The van der Waals surface area contributed by atoms with Crippen molar-refractivity contribution >= 4 is 35.0 Å². The van der Waals surface area contributed by atoms with E-state index in [4.69, 9.17) is 11.6 Å². The molecule has 0 N–H and O–H groups in total. The van der Waals surface area contributed by atoms with Crippen LogP contribution in [0.1, 0.15) is 43.6 Å². The molecule has 0 aliphatic carbocycles. The number of nitrogens with zero attached hydrogens (tertiary/aromatic N) is 3. The van der Waals surface area contributed by atoms with E-state index in [2.05, 4.69) is 20.8 Å². The lowest BCUT2D eigenvalue weighted by Crippen LogP contribution is -2.42. The van der Waals surface area contributed by atoms with Gasteiger partial charge in [-0.15, -0.1) is 0 Å². The molecule has 6 nitrogen and oxygen atoms in total. The van der Waals surface area contributed by atoms with Crippen molar-refractivity contribution in [1.82, 2.24) is 9.80 Å². The number of hydrogen-bond donors (Lipinski definition) is 0. The summed E-state index contributed by atoms with van der Waals surface area (Å²) in [6.07, 6.45) is 0. The minimum atomic E-state index is -0.258. The van der Waals surface area contributed by atoms with Crippen LogP contribution in [-0.2, 0) is 15.0 Å². The summed E-state index contributed by atoms with van der Waals surface area (Å²) in [6.45, 7) is 8.66. The van der Waals surface area contributed by atoms with Crippen LogP contribution in [0.15, 0.2) is 48.5 Å². The van der Waals surface area contributed by atoms with Gasteiger partial charge in [-0.3, -0.25) is 19.3 Å². The van der Waals surface area contributed by atoms with Gasteiger partial charge in [-0.05, 0) is 54.3 Å². The van der Waals surface area contributed by atoms with E-state index in [0.717, 1.165) is 5.56 Å². The topological polar surface area (TPSA) is 60.9 Å². The lowest BCUT2D eigenvalue weighted by atomic mass is 9.86. The molecule has 3 rings (SSSR count). The van der Waals surface area contributed by atoms with E-state index in [1.165, 1.54) is 14.7 Å². The third-order valence-corrected chi connectivity index (χ3v) is 5.68. The van der Waals surface area contributed by atoms with E-state index < -0.39 is 0 Å². The van der Waals surface area contributed by atoms with E-state index in [1.54, 1.807) is 36.4 Å². The Kier molecular flexibility index (Phi) is 6.70. The zero-order valence-corrected chi connectivity index (χ0v) is 19.1. The maximum atomic E-state index is 12.9. The van der Waals surface area contributed by atoms with Gasteiger partial charge >= 0.3 is 0 Å². The van der Waals surface area contributed by atoms with E-state index >= 15 is 0 Å². The number of anilines is 1. The highest BCUT2D eigenvalue weighted by Crippen LogP contribution is 2.23. The van der Waals surface area contributed by atoms with E-state index in [9.17, 15) is 14.4 Å². The smallest absolute Gasteiger partial charge is 0.254 e. The quantitative estimate of drug-likeness (QED) is 0.706. The molecule has 2 aromatic carbocycles. The van der Waals surface area contributed by atoms with Crippen LogP contribution in [0.4, 0.5) is 5.69 Å². The number of rotatable bonds is 5. The predicted molar refractivity (Wildman–Crippen MR) is 122 cm³/mol. The van der Waals surface area contributed by atoms with Crippen molar-refractivity contribution in [2.75, 3.05) is 31.2 Å². The largest absolute Gasteiger partial charge is 0.330 e. The molecule has 1 aliphatic rings. The molecule has 0 spiro atoms. The van der Waals surface area contributed by atoms with Gasteiger partial charge in [0.15, 0.2) is 0 Å². The predicted octanol–water partition coefficient (Wildman–Crippen LogP) is 3.93. The first-order valence-electron chi connectivity index (χ1n) is 10.3. The zero-order valence-electron chi connectivity index (χ0n) is 18.4. The van der Waals surface area contributed by atoms with Gasteiger partial charge in [0.1, 0.15) is 19.8 Å². The van der Waals surface area contributed by atoms with Crippen LogP contribution in [0.5, 0.6) is 0 Å². The molecule has 0 unspecified atom stereocenters. The summed E-state index contributed by atoms with van der Waals surface area (Å²) >= 11 is 5.91. The van der Waals surface area contributed by atoms with Crippen LogP contribution in [0.2, 0.25) is 5.02 Å². The first-order valence-corrected chi connectivity index (χ1v) is 10.7. The molecule has 7 heteroatoms. The van der Waals surface area contributed by atoms with Crippen molar-refractivity contribution in [3.05, 3.63) is 64.7 Å². The molecule has 1 fully saturated rings. The monoisotopic (exact) mass is 441 g/mol. The van der Waals surface area contributed by atoms with Gasteiger partial charge in [0.05, 0.1) is 0 Å². The Morgan fingerprint density at radius 3 is 2.19 bits per heavy atom. The van der Waals surface area contributed by atoms with Crippen molar-refractivity contribution in [3.8, 4) is 0 Å². The summed E-state index contributed by atoms with van der Waals surface area (Å²) in [5.41, 5.74) is 2.37. The molecule has 31 heavy (non-hydrogen) atoms. The van der Waals surface area contributed by atoms with Crippen molar-refractivity contribution in [2.45, 2.75) is 33.1 Å². The first kappa shape index (κ1) is 22.8. The molecule has 0 bridgehead atoms. The van der Waals surface area contributed by atoms with Gasteiger partial charge in [-0.25, -0.2) is 0 Å². The molecular formula is C24H28ClN3O3. The van der Waals surface area contributed by atoms with E-state index in [1.807, 2.05) is 19.1 Å². The van der Waals surface area contributed by atoms with Crippen molar-refractivity contribution in [3.63, 3.8) is 0 Å². The Hall–Kier alpha value is -2.86. The fourth-order valence-corrected chi connectivity index (χ4v) is 3.57. The SMILES string of the molecule is CCN(CC(=O)N1CC(=O)N(c2ccc(Cl)cc2)C1)C(=O)c1ccc(C(C)(C)C)cc1. The number of benzene rings is 2. The van der Waals surface area contributed by atoms with Gasteiger partial charge in [0.2, 0.25) is 11.8 Å². The molecule has 0 saturated carbocycles. The molecule has 0 aromatic heterocycles. The summed E-state index contributed by atoms with van der Waals surface area (Å²) < 4.78 is 0. The van der Waals surface area contributed by atoms with Gasteiger partial charge in [-0.2, -0.15) is 0 Å². The van der Waals surface area contributed by atoms with E-state index in [-0.39, 0.29) is 42.9 Å². The van der Waals surface area contributed by atoms with Crippen LogP contribution in [0, 0.1) is 0 Å². The average molecular weight is 442 g/mol. The summed E-state index contributed by atoms with van der Waals surface area (Å²) in [7, 11) is 0. The van der Waals surface area contributed by atoms with Crippen molar-refractivity contribution in [1.29, 1.82) is 0 Å². The minimum absolute atomic E-state index is 0.000236.